The zero-order chi connectivity index (χ0) is 7.28. The van der Waals surface area contributed by atoms with E-state index in [-0.39, 0.29) is 5.78 Å². The Morgan fingerprint density at radius 2 is 2.11 bits per heavy atom. The van der Waals surface area contributed by atoms with Crippen LogP contribution in [0.4, 0.5) is 0 Å². The normalized spacial score (nSPS) is 11.7. The van der Waals surface area contributed by atoms with Crippen LogP contribution in [-0.2, 0) is 4.79 Å². The number of rotatable bonds is 3. The van der Waals surface area contributed by atoms with Crippen LogP contribution in [0.5, 0.6) is 0 Å². The number of Topliss-reactive ketones (excluding diaryl/α,β-unsaturated/α-hetero) is 1. The molecule has 0 aliphatic carbocycles. The fourth-order valence-electron chi connectivity index (χ4n) is 0.462. The van der Waals surface area contributed by atoms with Crippen molar-refractivity contribution >= 4 is 17.4 Å². The van der Waals surface area contributed by atoms with Gasteiger partial charge in [-0.05, 0) is 6.42 Å². The van der Waals surface area contributed by atoms with Gasteiger partial charge in [-0.15, -0.1) is 0 Å². The molecule has 0 aliphatic heterocycles. The van der Waals surface area contributed by atoms with E-state index in [4.69, 9.17) is 11.6 Å². The molecule has 0 aromatic heterocycles. The molecule has 9 heavy (non-hydrogen) atoms. The summed E-state index contributed by atoms with van der Waals surface area (Å²) in [5.74, 6) is 0.0264. The smallest absolute Gasteiger partial charge is 0.173 e. The average Bonchev–Trinajstić information content (AvgIpc) is 1.87. The number of allylic oxidation sites excluding steroid dienone is 2. The molecular formula is C7H11ClO. The van der Waals surface area contributed by atoms with E-state index in [9.17, 15) is 4.79 Å². The van der Waals surface area contributed by atoms with Gasteiger partial charge in [0.1, 0.15) is 0 Å². The summed E-state index contributed by atoms with van der Waals surface area (Å²) in [6, 6.07) is 0. The highest BCUT2D eigenvalue weighted by Crippen LogP contribution is 2.05. The summed E-state index contributed by atoms with van der Waals surface area (Å²) in [4.78, 5) is 10.7. The number of hydrogen-bond donors (Lipinski definition) is 0. The van der Waals surface area contributed by atoms with Gasteiger partial charge in [-0.1, -0.05) is 31.5 Å². The quantitative estimate of drug-likeness (QED) is 0.560. The second kappa shape index (κ2) is 4.57. The Bertz CT molecular complexity index is 127. The molecular weight excluding hydrogens is 136 g/mol. The highest BCUT2D eigenvalue weighted by Gasteiger charge is 2.00. The van der Waals surface area contributed by atoms with Gasteiger partial charge < -0.3 is 0 Å². The van der Waals surface area contributed by atoms with Crippen molar-refractivity contribution in [2.75, 3.05) is 0 Å². The molecule has 0 amide bonds. The van der Waals surface area contributed by atoms with E-state index in [0.29, 0.717) is 11.5 Å². The third-order valence-corrected chi connectivity index (χ3v) is 1.34. The number of carbonyl (C=O) groups is 1. The van der Waals surface area contributed by atoms with Crippen LogP contribution in [0.25, 0.3) is 0 Å². The predicted molar refractivity (Wildman–Crippen MR) is 39.5 cm³/mol. The van der Waals surface area contributed by atoms with Crippen LogP contribution in [0.15, 0.2) is 11.1 Å². The molecule has 0 unspecified atom stereocenters. The Hall–Kier alpha value is -0.300. The van der Waals surface area contributed by atoms with Gasteiger partial charge >= 0.3 is 0 Å². The Morgan fingerprint density at radius 3 is 2.44 bits per heavy atom. The summed E-state index contributed by atoms with van der Waals surface area (Å²) in [5.41, 5.74) is 0. The fraction of sp³-hybridized carbons (Fsp3) is 0.571. The van der Waals surface area contributed by atoms with E-state index in [2.05, 4.69) is 0 Å². The first-order valence-corrected chi connectivity index (χ1v) is 3.49. The van der Waals surface area contributed by atoms with Crippen molar-refractivity contribution in [3.63, 3.8) is 0 Å². The molecule has 0 rings (SSSR count). The molecule has 0 N–H and O–H groups in total. The maximum atomic E-state index is 10.7. The van der Waals surface area contributed by atoms with Crippen LogP contribution in [0.1, 0.15) is 26.7 Å². The molecule has 0 aliphatic rings. The highest BCUT2D eigenvalue weighted by atomic mass is 35.5. The minimum Gasteiger partial charge on any atom is -0.293 e. The van der Waals surface area contributed by atoms with E-state index in [1.807, 2.05) is 6.92 Å². The first-order valence-electron chi connectivity index (χ1n) is 3.11. The second-order valence-corrected chi connectivity index (χ2v) is 2.14. The number of halogens is 1. The lowest BCUT2D eigenvalue weighted by molar-refractivity contribution is -0.114. The van der Waals surface area contributed by atoms with Gasteiger partial charge in [0.15, 0.2) is 5.78 Å². The van der Waals surface area contributed by atoms with Gasteiger partial charge in [0.05, 0.1) is 5.03 Å². The molecule has 0 saturated heterocycles. The number of carbonyl (C=O) groups excluding carboxylic acids is 1. The van der Waals surface area contributed by atoms with Crippen LogP contribution >= 0.6 is 11.6 Å². The largest absolute Gasteiger partial charge is 0.293 e. The SMILES string of the molecule is CC/C=C(\Cl)C(=O)CC. The van der Waals surface area contributed by atoms with Gasteiger partial charge in [-0.3, -0.25) is 4.79 Å². The zero-order valence-corrected chi connectivity index (χ0v) is 6.53. The lowest BCUT2D eigenvalue weighted by atomic mass is 10.2. The summed E-state index contributed by atoms with van der Waals surface area (Å²) in [7, 11) is 0. The van der Waals surface area contributed by atoms with Crippen molar-refractivity contribution in [3.05, 3.63) is 11.1 Å². The molecule has 0 bridgehead atoms. The van der Waals surface area contributed by atoms with Gasteiger partial charge in [-0.25, -0.2) is 0 Å². The number of ketones is 1. The summed E-state index contributed by atoms with van der Waals surface area (Å²) < 4.78 is 0. The van der Waals surface area contributed by atoms with Crippen molar-refractivity contribution in [3.8, 4) is 0 Å². The van der Waals surface area contributed by atoms with E-state index < -0.39 is 0 Å². The maximum Gasteiger partial charge on any atom is 0.173 e. The van der Waals surface area contributed by atoms with E-state index >= 15 is 0 Å². The predicted octanol–water partition coefficient (Wildman–Crippen LogP) is 2.50. The molecule has 1 nitrogen and oxygen atoms in total. The molecule has 0 saturated carbocycles. The van der Waals surface area contributed by atoms with Crippen LogP contribution in [0, 0.1) is 0 Å². The molecule has 0 aromatic carbocycles. The topological polar surface area (TPSA) is 17.1 Å². The highest BCUT2D eigenvalue weighted by molar-refractivity contribution is 6.42. The first-order chi connectivity index (χ1) is 4.22. The maximum absolute atomic E-state index is 10.7. The molecule has 0 spiro atoms. The fourth-order valence-corrected chi connectivity index (χ4v) is 0.750. The average molecular weight is 147 g/mol. The summed E-state index contributed by atoms with van der Waals surface area (Å²) in [6.07, 6.45) is 3.05. The minimum absolute atomic E-state index is 0.0264. The Morgan fingerprint density at radius 1 is 1.56 bits per heavy atom. The summed E-state index contributed by atoms with van der Waals surface area (Å²) in [5, 5.41) is 0.375. The summed E-state index contributed by atoms with van der Waals surface area (Å²) in [6.45, 7) is 3.75. The molecule has 0 atom stereocenters. The summed E-state index contributed by atoms with van der Waals surface area (Å²) >= 11 is 5.54. The van der Waals surface area contributed by atoms with Crippen molar-refractivity contribution in [1.82, 2.24) is 0 Å². The minimum atomic E-state index is 0.0264. The van der Waals surface area contributed by atoms with Gasteiger partial charge in [-0.2, -0.15) is 0 Å². The standard InChI is InChI=1S/C7H11ClO/c1-3-5-6(8)7(9)4-2/h5H,3-4H2,1-2H3/b6-5-. The third-order valence-electron chi connectivity index (χ3n) is 0.971. The Balaban J connectivity index is 3.86. The molecule has 2 heteroatoms. The van der Waals surface area contributed by atoms with Crippen LogP contribution in [-0.4, -0.2) is 5.78 Å². The Kier molecular flexibility index (Phi) is 4.41. The zero-order valence-electron chi connectivity index (χ0n) is 5.78. The van der Waals surface area contributed by atoms with Crippen LogP contribution in [0.2, 0.25) is 0 Å². The van der Waals surface area contributed by atoms with Crippen LogP contribution < -0.4 is 0 Å². The van der Waals surface area contributed by atoms with Crippen molar-refractivity contribution in [1.29, 1.82) is 0 Å². The molecule has 0 aromatic rings. The first kappa shape index (κ1) is 8.70. The van der Waals surface area contributed by atoms with E-state index in [1.54, 1.807) is 13.0 Å². The lowest BCUT2D eigenvalue weighted by Gasteiger charge is -1.90. The van der Waals surface area contributed by atoms with Crippen molar-refractivity contribution < 1.29 is 4.79 Å². The number of hydrogen-bond acceptors (Lipinski definition) is 1. The van der Waals surface area contributed by atoms with Crippen molar-refractivity contribution in [2.24, 2.45) is 0 Å². The Labute approximate surface area is 60.7 Å². The molecule has 0 heterocycles. The van der Waals surface area contributed by atoms with Gasteiger partial charge in [0.25, 0.3) is 0 Å². The molecule has 0 fully saturated rings. The molecule has 0 radical (unpaired) electrons. The van der Waals surface area contributed by atoms with Gasteiger partial charge in [0, 0.05) is 6.42 Å². The molecule has 52 valence electrons. The van der Waals surface area contributed by atoms with E-state index in [0.717, 1.165) is 6.42 Å². The third kappa shape index (κ3) is 3.31. The van der Waals surface area contributed by atoms with Gasteiger partial charge in [0.2, 0.25) is 0 Å². The monoisotopic (exact) mass is 146 g/mol. The van der Waals surface area contributed by atoms with Crippen LogP contribution in [0.3, 0.4) is 0 Å². The second-order valence-electron chi connectivity index (χ2n) is 1.74. The van der Waals surface area contributed by atoms with Crippen molar-refractivity contribution in [2.45, 2.75) is 26.7 Å². The van der Waals surface area contributed by atoms with E-state index in [1.165, 1.54) is 0 Å². The lowest BCUT2D eigenvalue weighted by Crippen LogP contribution is -1.93.